The molecule has 0 aliphatic rings. The van der Waals surface area contributed by atoms with E-state index in [4.69, 9.17) is 11.6 Å². The first-order valence-corrected chi connectivity index (χ1v) is 9.48. The van der Waals surface area contributed by atoms with Gasteiger partial charge in [-0.25, -0.2) is 8.42 Å². The number of carbonyl (C=O) groups is 1. The van der Waals surface area contributed by atoms with Crippen molar-refractivity contribution in [3.63, 3.8) is 0 Å². The fourth-order valence-corrected chi connectivity index (χ4v) is 2.99. The van der Waals surface area contributed by atoms with Crippen LogP contribution in [0.3, 0.4) is 0 Å². The van der Waals surface area contributed by atoms with Crippen LogP contribution >= 0.6 is 11.6 Å². The van der Waals surface area contributed by atoms with Gasteiger partial charge < -0.3 is 10.2 Å². The van der Waals surface area contributed by atoms with E-state index in [0.29, 0.717) is 23.7 Å². The highest BCUT2D eigenvalue weighted by Crippen LogP contribution is 2.20. The summed E-state index contributed by atoms with van der Waals surface area (Å²) in [7, 11) is 0.392. The maximum absolute atomic E-state index is 12.2. The van der Waals surface area contributed by atoms with Gasteiger partial charge in [-0.2, -0.15) is 4.31 Å². The average Bonchev–Trinajstić information content (AvgIpc) is 2.40. The lowest BCUT2D eigenvalue weighted by molar-refractivity contribution is -0.116. The summed E-state index contributed by atoms with van der Waals surface area (Å²) in [4.78, 5) is 14.1. The fraction of sp³-hybridized carbons (Fsp3) is 0.533. The number of rotatable bonds is 8. The van der Waals surface area contributed by atoms with Gasteiger partial charge >= 0.3 is 0 Å². The first-order chi connectivity index (χ1) is 10.6. The highest BCUT2D eigenvalue weighted by molar-refractivity contribution is 7.88. The number of anilines is 1. The Hall–Kier alpha value is -1.15. The molecule has 6 nitrogen and oxygen atoms in total. The SMILES string of the molecule is Cc1ccc(Cl)cc1NC(=O)CN(CCCN(C)C)S(C)(=O)=O. The zero-order valence-corrected chi connectivity index (χ0v) is 15.5. The molecule has 0 saturated carbocycles. The predicted molar refractivity (Wildman–Crippen MR) is 94.4 cm³/mol. The molecule has 0 heterocycles. The molecule has 130 valence electrons. The zero-order valence-electron chi connectivity index (χ0n) is 14.0. The maximum Gasteiger partial charge on any atom is 0.239 e. The number of nitrogens with one attached hydrogen (secondary N) is 1. The fourth-order valence-electron chi connectivity index (χ4n) is 2.00. The molecule has 0 unspecified atom stereocenters. The lowest BCUT2D eigenvalue weighted by Gasteiger charge is -2.20. The van der Waals surface area contributed by atoms with Crippen molar-refractivity contribution in [2.45, 2.75) is 13.3 Å². The largest absolute Gasteiger partial charge is 0.325 e. The number of amides is 1. The van der Waals surface area contributed by atoms with Gasteiger partial charge in [0.05, 0.1) is 12.8 Å². The van der Waals surface area contributed by atoms with Gasteiger partial charge in [0.1, 0.15) is 0 Å². The van der Waals surface area contributed by atoms with Crippen molar-refractivity contribution in [2.75, 3.05) is 45.3 Å². The van der Waals surface area contributed by atoms with Crippen molar-refractivity contribution in [1.82, 2.24) is 9.21 Å². The number of carbonyl (C=O) groups excluding carboxylic acids is 1. The summed E-state index contributed by atoms with van der Waals surface area (Å²) < 4.78 is 24.8. The minimum absolute atomic E-state index is 0.210. The Bertz CT molecular complexity index is 647. The van der Waals surface area contributed by atoms with Crippen molar-refractivity contribution in [2.24, 2.45) is 0 Å². The Kier molecular flexibility index (Phi) is 7.47. The number of hydrogen-bond donors (Lipinski definition) is 1. The van der Waals surface area contributed by atoms with Crippen molar-refractivity contribution >= 4 is 33.2 Å². The van der Waals surface area contributed by atoms with Crippen LogP contribution in [0.4, 0.5) is 5.69 Å². The second-order valence-electron chi connectivity index (χ2n) is 5.76. The van der Waals surface area contributed by atoms with E-state index in [1.54, 1.807) is 18.2 Å². The molecule has 0 bridgehead atoms. The second kappa shape index (κ2) is 8.63. The molecular weight excluding hydrogens is 338 g/mol. The first kappa shape index (κ1) is 19.9. The molecule has 23 heavy (non-hydrogen) atoms. The van der Waals surface area contributed by atoms with E-state index < -0.39 is 10.0 Å². The van der Waals surface area contributed by atoms with Crippen molar-refractivity contribution in [3.05, 3.63) is 28.8 Å². The van der Waals surface area contributed by atoms with Gasteiger partial charge in [-0.05, 0) is 51.7 Å². The molecule has 0 aliphatic heterocycles. The Balaban J connectivity index is 2.71. The number of nitrogens with zero attached hydrogens (tertiary/aromatic N) is 2. The Morgan fingerprint density at radius 3 is 2.48 bits per heavy atom. The minimum Gasteiger partial charge on any atom is -0.325 e. The van der Waals surface area contributed by atoms with E-state index in [0.717, 1.165) is 18.4 Å². The molecule has 0 fully saturated rings. The predicted octanol–water partition coefficient (Wildman–Crippen LogP) is 1.80. The van der Waals surface area contributed by atoms with E-state index in [1.807, 2.05) is 25.9 Å². The summed E-state index contributed by atoms with van der Waals surface area (Å²) >= 11 is 5.91. The van der Waals surface area contributed by atoms with Gasteiger partial charge in [0.15, 0.2) is 0 Å². The van der Waals surface area contributed by atoms with Crippen LogP contribution in [0.15, 0.2) is 18.2 Å². The molecule has 1 aromatic carbocycles. The summed E-state index contributed by atoms with van der Waals surface area (Å²) in [5, 5.41) is 3.22. The zero-order chi connectivity index (χ0) is 17.6. The lowest BCUT2D eigenvalue weighted by Crippen LogP contribution is -2.38. The Morgan fingerprint density at radius 1 is 1.26 bits per heavy atom. The normalized spacial score (nSPS) is 12.0. The van der Waals surface area contributed by atoms with Crippen LogP contribution in [0.1, 0.15) is 12.0 Å². The molecule has 1 amide bonds. The number of aryl methyl sites for hydroxylation is 1. The topological polar surface area (TPSA) is 69.7 Å². The molecule has 0 aromatic heterocycles. The van der Waals surface area contributed by atoms with Crippen molar-refractivity contribution in [1.29, 1.82) is 0 Å². The molecule has 8 heteroatoms. The van der Waals surface area contributed by atoms with E-state index in [1.165, 1.54) is 4.31 Å². The molecule has 1 N–H and O–H groups in total. The van der Waals surface area contributed by atoms with E-state index >= 15 is 0 Å². The molecule has 0 atom stereocenters. The molecule has 0 aliphatic carbocycles. The summed E-state index contributed by atoms with van der Waals surface area (Å²) in [6.07, 6.45) is 1.77. The number of hydrogen-bond acceptors (Lipinski definition) is 4. The van der Waals surface area contributed by atoms with Gasteiger partial charge in [0, 0.05) is 17.3 Å². The van der Waals surface area contributed by atoms with Crippen LogP contribution in [-0.2, 0) is 14.8 Å². The second-order valence-corrected chi connectivity index (χ2v) is 8.18. The molecule has 1 rings (SSSR count). The maximum atomic E-state index is 12.2. The number of halogens is 1. The molecule has 0 saturated heterocycles. The van der Waals surface area contributed by atoms with Gasteiger partial charge in [-0.1, -0.05) is 17.7 Å². The smallest absolute Gasteiger partial charge is 0.239 e. The third-order valence-electron chi connectivity index (χ3n) is 3.28. The quantitative estimate of drug-likeness (QED) is 0.766. The van der Waals surface area contributed by atoms with Crippen LogP contribution in [0.2, 0.25) is 5.02 Å². The molecule has 1 aromatic rings. The Labute approximate surface area is 143 Å². The molecule has 0 radical (unpaired) electrons. The first-order valence-electron chi connectivity index (χ1n) is 7.25. The summed E-state index contributed by atoms with van der Waals surface area (Å²) in [6, 6.07) is 5.17. The van der Waals surface area contributed by atoms with E-state index in [2.05, 4.69) is 5.32 Å². The van der Waals surface area contributed by atoms with Gasteiger partial charge in [0.2, 0.25) is 15.9 Å². The highest BCUT2D eigenvalue weighted by atomic mass is 35.5. The lowest BCUT2D eigenvalue weighted by atomic mass is 10.2. The summed E-state index contributed by atoms with van der Waals surface area (Å²) in [5.41, 5.74) is 1.45. The monoisotopic (exact) mass is 361 g/mol. The highest BCUT2D eigenvalue weighted by Gasteiger charge is 2.20. The standard InChI is InChI=1S/C15H24ClN3O3S/c1-12-6-7-13(16)10-14(12)17-15(20)11-19(23(4,21)22)9-5-8-18(2)3/h6-7,10H,5,8-9,11H2,1-4H3,(H,17,20). The van der Waals surface area contributed by atoms with Crippen molar-refractivity contribution in [3.8, 4) is 0 Å². The van der Waals surface area contributed by atoms with Crippen LogP contribution in [-0.4, -0.2) is 63.5 Å². The van der Waals surface area contributed by atoms with Crippen LogP contribution in [0.25, 0.3) is 0 Å². The molecular formula is C15H24ClN3O3S. The van der Waals surface area contributed by atoms with Crippen LogP contribution < -0.4 is 5.32 Å². The third kappa shape index (κ3) is 7.30. The van der Waals surface area contributed by atoms with Crippen LogP contribution in [0.5, 0.6) is 0 Å². The number of sulfonamides is 1. The average molecular weight is 362 g/mol. The minimum atomic E-state index is -3.44. The van der Waals surface area contributed by atoms with E-state index in [-0.39, 0.29) is 12.5 Å². The summed E-state index contributed by atoms with van der Waals surface area (Å²) in [6.45, 7) is 2.69. The third-order valence-corrected chi connectivity index (χ3v) is 4.76. The van der Waals surface area contributed by atoms with E-state index in [9.17, 15) is 13.2 Å². The van der Waals surface area contributed by atoms with Gasteiger partial charge in [-0.15, -0.1) is 0 Å². The number of benzene rings is 1. The Morgan fingerprint density at radius 2 is 1.91 bits per heavy atom. The van der Waals surface area contributed by atoms with Crippen molar-refractivity contribution < 1.29 is 13.2 Å². The van der Waals surface area contributed by atoms with Gasteiger partial charge in [-0.3, -0.25) is 4.79 Å². The van der Waals surface area contributed by atoms with Crippen LogP contribution in [0, 0.1) is 6.92 Å². The summed E-state index contributed by atoms with van der Waals surface area (Å²) in [5.74, 6) is -0.384. The molecule has 0 spiro atoms. The van der Waals surface area contributed by atoms with Gasteiger partial charge in [0.25, 0.3) is 0 Å².